The molecular formula is C23H23N3O2. The van der Waals surface area contributed by atoms with Gasteiger partial charge in [-0.3, -0.25) is 9.59 Å². The Kier molecular flexibility index (Phi) is 6.17. The van der Waals surface area contributed by atoms with Gasteiger partial charge >= 0.3 is 0 Å². The number of benzene rings is 2. The molecule has 5 heteroatoms. The third kappa shape index (κ3) is 4.82. The molecule has 142 valence electrons. The highest BCUT2D eigenvalue weighted by Gasteiger charge is 2.11. The van der Waals surface area contributed by atoms with Crippen molar-refractivity contribution in [1.82, 2.24) is 9.99 Å². The Morgan fingerprint density at radius 3 is 2.39 bits per heavy atom. The van der Waals surface area contributed by atoms with Crippen LogP contribution >= 0.6 is 0 Å². The van der Waals surface area contributed by atoms with E-state index in [1.165, 1.54) is 16.2 Å². The summed E-state index contributed by atoms with van der Waals surface area (Å²) in [6.45, 7) is 4.52. The van der Waals surface area contributed by atoms with Crippen LogP contribution < -0.4 is 11.0 Å². The third-order valence-corrected chi connectivity index (χ3v) is 4.51. The van der Waals surface area contributed by atoms with Gasteiger partial charge < -0.3 is 4.57 Å². The summed E-state index contributed by atoms with van der Waals surface area (Å²) in [4.78, 5) is 25.0. The van der Waals surface area contributed by atoms with Crippen molar-refractivity contribution in [1.29, 1.82) is 0 Å². The van der Waals surface area contributed by atoms with Crippen LogP contribution in [0.1, 0.15) is 39.5 Å². The fraction of sp³-hybridized carbons (Fsp3) is 0.174. The predicted octanol–water partition coefficient (Wildman–Crippen LogP) is 3.53. The summed E-state index contributed by atoms with van der Waals surface area (Å²) in [5.41, 5.74) is 6.42. The fourth-order valence-corrected chi connectivity index (χ4v) is 2.79. The second-order valence-electron chi connectivity index (χ2n) is 6.63. The first-order valence-corrected chi connectivity index (χ1v) is 9.24. The summed E-state index contributed by atoms with van der Waals surface area (Å²) in [6, 6.07) is 19.1. The summed E-state index contributed by atoms with van der Waals surface area (Å²) >= 11 is 0. The van der Waals surface area contributed by atoms with E-state index in [1.807, 2.05) is 55.5 Å². The van der Waals surface area contributed by atoms with E-state index < -0.39 is 5.91 Å². The number of aryl methyl sites for hydroxylation is 2. The zero-order chi connectivity index (χ0) is 19.9. The van der Waals surface area contributed by atoms with Crippen molar-refractivity contribution in [3.63, 3.8) is 0 Å². The molecule has 0 saturated carbocycles. The highest BCUT2D eigenvalue weighted by Crippen LogP contribution is 2.05. The van der Waals surface area contributed by atoms with Crippen LogP contribution in [0.3, 0.4) is 0 Å². The Morgan fingerprint density at radius 2 is 1.71 bits per heavy atom. The molecule has 0 bridgehead atoms. The van der Waals surface area contributed by atoms with Crippen LogP contribution in [0, 0.1) is 6.92 Å². The molecule has 0 atom stereocenters. The average Bonchev–Trinajstić information content (AvgIpc) is 2.71. The Bertz CT molecular complexity index is 1030. The van der Waals surface area contributed by atoms with E-state index in [4.69, 9.17) is 0 Å². The van der Waals surface area contributed by atoms with E-state index in [-0.39, 0.29) is 11.1 Å². The van der Waals surface area contributed by atoms with Crippen molar-refractivity contribution in [2.45, 2.75) is 26.8 Å². The molecule has 0 saturated heterocycles. The molecule has 0 aliphatic heterocycles. The first-order valence-electron chi connectivity index (χ1n) is 9.24. The van der Waals surface area contributed by atoms with Gasteiger partial charge in [-0.15, -0.1) is 0 Å². The number of carbonyl (C=O) groups is 1. The van der Waals surface area contributed by atoms with Gasteiger partial charge in [0.15, 0.2) is 0 Å². The lowest BCUT2D eigenvalue weighted by Gasteiger charge is -2.08. The number of hydrazone groups is 1. The van der Waals surface area contributed by atoms with Gasteiger partial charge in [0.1, 0.15) is 5.56 Å². The first kappa shape index (κ1) is 19.3. The standard InChI is InChI=1S/C23H23N3O2/c1-3-18-10-12-19(13-11-18)15-24-25-22(27)21-5-4-14-26(23(21)28)16-20-8-6-17(2)7-9-20/h4-15H,3,16H2,1-2H3,(H,25,27)/b24-15-. The van der Waals surface area contributed by atoms with Crippen LogP contribution in [-0.4, -0.2) is 16.7 Å². The van der Waals surface area contributed by atoms with E-state index in [0.717, 1.165) is 23.1 Å². The van der Waals surface area contributed by atoms with Crippen molar-refractivity contribution < 1.29 is 4.79 Å². The molecular weight excluding hydrogens is 350 g/mol. The van der Waals surface area contributed by atoms with E-state index in [2.05, 4.69) is 17.5 Å². The maximum absolute atomic E-state index is 12.6. The summed E-state index contributed by atoms with van der Waals surface area (Å²) in [5, 5.41) is 3.97. The van der Waals surface area contributed by atoms with Crippen molar-refractivity contribution in [3.05, 3.63) is 105 Å². The van der Waals surface area contributed by atoms with Crippen molar-refractivity contribution >= 4 is 12.1 Å². The lowest BCUT2D eigenvalue weighted by Crippen LogP contribution is -2.30. The minimum absolute atomic E-state index is 0.0630. The molecule has 0 fully saturated rings. The summed E-state index contributed by atoms with van der Waals surface area (Å²) in [6.07, 6.45) is 4.21. The molecule has 1 aromatic heterocycles. The van der Waals surface area contributed by atoms with Gasteiger partial charge in [-0.25, -0.2) is 5.43 Å². The number of hydrogen-bond acceptors (Lipinski definition) is 3. The number of aromatic nitrogens is 1. The molecule has 1 amide bonds. The molecule has 28 heavy (non-hydrogen) atoms. The molecule has 1 heterocycles. The Morgan fingerprint density at radius 1 is 1.04 bits per heavy atom. The Hall–Kier alpha value is -3.47. The zero-order valence-electron chi connectivity index (χ0n) is 16.1. The predicted molar refractivity (Wildman–Crippen MR) is 112 cm³/mol. The molecule has 0 unspecified atom stereocenters. The highest BCUT2D eigenvalue weighted by atomic mass is 16.2. The maximum atomic E-state index is 12.6. The van der Waals surface area contributed by atoms with Gasteiger partial charge in [-0.2, -0.15) is 5.10 Å². The number of rotatable bonds is 6. The monoisotopic (exact) mass is 373 g/mol. The molecule has 0 aliphatic carbocycles. The zero-order valence-corrected chi connectivity index (χ0v) is 16.1. The van der Waals surface area contributed by atoms with E-state index >= 15 is 0 Å². The third-order valence-electron chi connectivity index (χ3n) is 4.51. The topological polar surface area (TPSA) is 63.5 Å². The molecule has 1 N–H and O–H groups in total. The molecule has 0 spiro atoms. The second kappa shape index (κ2) is 8.95. The minimum atomic E-state index is -0.523. The second-order valence-corrected chi connectivity index (χ2v) is 6.63. The van der Waals surface area contributed by atoms with Crippen LogP contribution in [0.25, 0.3) is 0 Å². The number of nitrogens with zero attached hydrogens (tertiary/aromatic N) is 2. The summed E-state index contributed by atoms with van der Waals surface area (Å²) < 4.78 is 1.52. The average molecular weight is 373 g/mol. The first-order chi connectivity index (χ1) is 13.6. The van der Waals surface area contributed by atoms with Crippen LogP contribution in [-0.2, 0) is 13.0 Å². The Balaban J connectivity index is 1.70. The van der Waals surface area contributed by atoms with Crippen LogP contribution in [0.15, 0.2) is 76.8 Å². The van der Waals surface area contributed by atoms with Crippen molar-refractivity contribution in [3.8, 4) is 0 Å². The highest BCUT2D eigenvalue weighted by molar-refractivity contribution is 5.94. The number of amides is 1. The number of nitrogens with one attached hydrogen (secondary N) is 1. The molecule has 5 nitrogen and oxygen atoms in total. The number of pyridine rings is 1. The van der Waals surface area contributed by atoms with Gasteiger partial charge in [0.2, 0.25) is 0 Å². The molecule has 0 aliphatic rings. The Labute approximate surface area is 164 Å². The number of hydrogen-bond donors (Lipinski definition) is 1. The van der Waals surface area contributed by atoms with Gasteiger partial charge in [0.25, 0.3) is 11.5 Å². The quantitative estimate of drug-likeness (QED) is 0.531. The van der Waals surface area contributed by atoms with Gasteiger partial charge in [0, 0.05) is 6.20 Å². The van der Waals surface area contributed by atoms with Crippen LogP contribution in [0.5, 0.6) is 0 Å². The van der Waals surface area contributed by atoms with Gasteiger partial charge in [0.05, 0.1) is 12.8 Å². The molecule has 3 rings (SSSR count). The lowest BCUT2D eigenvalue weighted by atomic mass is 10.1. The van der Waals surface area contributed by atoms with E-state index in [1.54, 1.807) is 18.5 Å². The van der Waals surface area contributed by atoms with E-state index in [0.29, 0.717) is 6.54 Å². The minimum Gasteiger partial charge on any atom is -0.310 e. The van der Waals surface area contributed by atoms with Crippen molar-refractivity contribution in [2.75, 3.05) is 0 Å². The summed E-state index contributed by atoms with van der Waals surface area (Å²) in [5.74, 6) is -0.523. The van der Waals surface area contributed by atoms with Crippen LogP contribution in [0.4, 0.5) is 0 Å². The van der Waals surface area contributed by atoms with Crippen LogP contribution in [0.2, 0.25) is 0 Å². The smallest absolute Gasteiger partial charge is 0.276 e. The normalized spacial score (nSPS) is 10.9. The largest absolute Gasteiger partial charge is 0.310 e. The molecule has 2 aromatic carbocycles. The lowest BCUT2D eigenvalue weighted by molar-refractivity contribution is 0.0953. The van der Waals surface area contributed by atoms with Crippen molar-refractivity contribution in [2.24, 2.45) is 5.10 Å². The fourth-order valence-electron chi connectivity index (χ4n) is 2.79. The molecule has 0 radical (unpaired) electrons. The molecule has 3 aromatic rings. The number of carbonyl (C=O) groups excluding carboxylic acids is 1. The SMILES string of the molecule is CCc1ccc(/C=N\NC(=O)c2cccn(Cc3ccc(C)cc3)c2=O)cc1. The summed E-state index contributed by atoms with van der Waals surface area (Å²) in [7, 11) is 0. The van der Waals surface area contributed by atoms with Gasteiger partial charge in [-0.05, 0) is 42.2 Å². The van der Waals surface area contributed by atoms with E-state index in [9.17, 15) is 9.59 Å². The van der Waals surface area contributed by atoms with Gasteiger partial charge in [-0.1, -0.05) is 61.0 Å². The maximum Gasteiger partial charge on any atom is 0.276 e.